The molecule has 5 N–H and O–H groups in total. The molecule has 0 saturated carbocycles. The van der Waals surface area contributed by atoms with Crippen molar-refractivity contribution in [1.82, 2.24) is 36.8 Å². The van der Waals surface area contributed by atoms with E-state index >= 15 is 0 Å². The number of imidazole rings is 1. The maximum atomic E-state index is 12.7. The summed E-state index contributed by atoms with van der Waals surface area (Å²) in [5, 5.41) is 2.99. The Morgan fingerprint density at radius 3 is 2.74 bits per heavy atom. The van der Waals surface area contributed by atoms with Crippen LogP contribution in [0.3, 0.4) is 0 Å². The van der Waals surface area contributed by atoms with Crippen molar-refractivity contribution in [2.45, 2.75) is 38.9 Å². The van der Waals surface area contributed by atoms with E-state index in [0.29, 0.717) is 13.0 Å². The third kappa shape index (κ3) is 3.20. The fraction of sp³-hybridized carbons (Fsp3) is 0.467. The van der Waals surface area contributed by atoms with Crippen LogP contribution in [-0.4, -0.2) is 28.2 Å². The van der Waals surface area contributed by atoms with Crippen LogP contribution in [-0.2, 0) is 11.2 Å². The lowest BCUT2D eigenvalue weighted by Crippen LogP contribution is -2.46. The molecule has 23 heavy (non-hydrogen) atoms. The second-order valence-corrected chi connectivity index (χ2v) is 5.50. The Bertz CT molecular complexity index is 678. The van der Waals surface area contributed by atoms with Crippen LogP contribution in [0.2, 0.25) is 0 Å². The Balaban J connectivity index is 1.83. The Labute approximate surface area is 134 Å². The highest BCUT2D eigenvalue weighted by Crippen LogP contribution is 2.23. The number of nitrogens with zero attached hydrogens (tertiary/aromatic N) is 2. The zero-order valence-corrected chi connectivity index (χ0v) is 13.4. The summed E-state index contributed by atoms with van der Waals surface area (Å²) in [7, 11) is 0. The van der Waals surface area contributed by atoms with Crippen molar-refractivity contribution in [3.05, 3.63) is 30.1 Å². The molecule has 1 fully saturated rings. The molecule has 1 aromatic carbocycles. The van der Waals surface area contributed by atoms with E-state index < -0.39 is 0 Å². The van der Waals surface area contributed by atoms with Crippen molar-refractivity contribution in [3.8, 4) is 0 Å². The van der Waals surface area contributed by atoms with Crippen LogP contribution in [0.4, 0.5) is 0 Å². The second kappa shape index (κ2) is 7.05. The average molecular weight is 317 g/mol. The quantitative estimate of drug-likeness (QED) is 0.519. The van der Waals surface area contributed by atoms with E-state index in [-0.39, 0.29) is 18.1 Å². The minimum atomic E-state index is -0.264. The standard InChI is InChI=1S/C15H23N7O/c1-3-11(15(23)16-9-13-18-20-21-19-13)22-12-8-6-5-7-10(12)17-14(22)4-2/h5-8,11,13,18-21H,3-4,9H2,1-2H3,(H,16,23). The lowest BCUT2D eigenvalue weighted by Gasteiger charge is -2.20. The van der Waals surface area contributed by atoms with Crippen molar-refractivity contribution < 1.29 is 4.79 Å². The molecule has 0 radical (unpaired) electrons. The molecule has 8 heteroatoms. The van der Waals surface area contributed by atoms with Gasteiger partial charge < -0.3 is 9.88 Å². The highest BCUT2D eigenvalue weighted by Gasteiger charge is 2.24. The van der Waals surface area contributed by atoms with Gasteiger partial charge in [-0.25, -0.2) is 15.8 Å². The molecule has 2 heterocycles. The van der Waals surface area contributed by atoms with Crippen LogP contribution >= 0.6 is 0 Å². The molecule has 1 aromatic heterocycles. The summed E-state index contributed by atoms with van der Waals surface area (Å²) in [5.41, 5.74) is 13.3. The summed E-state index contributed by atoms with van der Waals surface area (Å²) in [6, 6.07) is 7.69. The van der Waals surface area contributed by atoms with Gasteiger partial charge in [0.2, 0.25) is 5.91 Å². The first-order valence-electron chi connectivity index (χ1n) is 7.99. The molecule has 3 rings (SSSR count). The Kier molecular flexibility index (Phi) is 4.87. The number of hydrogen-bond acceptors (Lipinski definition) is 6. The molecular weight excluding hydrogens is 294 g/mol. The Morgan fingerprint density at radius 2 is 2.04 bits per heavy atom. The molecule has 1 aliphatic heterocycles. The molecular formula is C15H23N7O. The minimum Gasteiger partial charge on any atom is -0.351 e. The smallest absolute Gasteiger partial charge is 0.243 e. The number of carbonyl (C=O) groups is 1. The molecule has 0 spiro atoms. The molecule has 124 valence electrons. The van der Waals surface area contributed by atoms with Gasteiger partial charge in [0.05, 0.1) is 11.0 Å². The number of aryl methyl sites for hydroxylation is 1. The summed E-state index contributed by atoms with van der Waals surface area (Å²) in [5.74, 6) is 0.939. The minimum absolute atomic E-state index is 0.000790. The van der Waals surface area contributed by atoms with Gasteiger partial charge in [0, 0.05) is 13.0 Å². The normalized spacial score (nSPS) is 16.8. The number of carbonyl (C=O) groups excluding carboxylic acids is 1. The maximum absolute atomic E-state index is 12.7. The number of rotatable bonds is 6. The third-order valence-electron chi connectivity index (χ3n) is 4.02. The molecule has 1 saturated heterocycles. The first kappa shape index (κ1) is 15.9. The fourth-order valence-corrected chi connectivity index (χ4v) is 2.88. The average Bonchev–Trinajstić information content (AvgIpc) is 3.21. The van der Waals surface area contributed by atoms with Crippen molar-refractivity contribution in [1.29, 1.82) is 0 Å². The number of hydrazine groups is 3. The number of aromatic nitrogens is 2. The molecule has 1 aliphatic rings. The number of hydrogen-bond donors (Lipinski definition) is 5. The molecule has 0 bridgehead atoms. The van der Waals surface area contributed by atoms with Crippen LogP contribution in [0, 0.1) is 0 Å². The van der Waals surface area contributed by atoms with Crippen molar-refractivity contribution in [2.24, 2.45) is 0 Å². The molecule has 1 atom stereocenters. The van der Waals surface area contributed by atoms with Crippen LogP contribution in [0.15, 0.2) is 24.3 Å². The Hall–Kier alpha value is -2.00. The lowest BCUT2D eigenvalue weighted by molar-refractivity contribution is -0.124. The van der Waals surface area contributed by atoms with Gasteiger partial charge in [0.15, 0.2) is 0 Å². The van der Waals surface area contributed by atoms with Gasteiger partial charge in [-0.1, -0.05) is 26.0 Å². The Morgan fingerprint density at radius 1 is 1.30 bits per heavy atom. The predicted octanol–water partition coefficient (Wildman–Crippen LogP) is 0.109. The second-order valence-electron chi connectivity index (χ2n) is 5.50. The van der Waals surface area contributed by atoms with Crippen LogP contribution < -0.4 is 27.2 Å². The fourth-order valence-electron chi connectivity index (χ4n) is 2.88. The number of amides is 1. The summed E-state index contributed by atoms with van der Waals surface area (Å²) in [6.45, 7) is 4.56. The number of nitrogens with one attached hydrogen (secondary N) is 5. The van der Waals surface area contributed by atoms with Gasteiger partial charge in [0.1, 0.15) is 18.0 Å². The van der Waals surface area contributed by atoms with Gasteiger partial charge in [-0.05, 0) is 18.6 Å². The summed E-state index contributed by atoms with van der Waals surface area (Å²) in [6.07, 6.45) is 1.45. The van der Waals surface area contributed by atoms with Crippen molar-refractivity contribution in [3.63, 3.8) is 0 Å². The monoisotopic (exact) mass is 317 g/mol. The molecule has 2 aromatic rings. The zero-order valence-electron chi connectivity index (χ0n) is 13.4. The number of fused-ring (bicyclic) bond motifs is 1. The maximum Gasteiger partial charge on any atom is 0.243 e. The van der Waals surface area contributed by atoms with E-state index in [9.17, 15) is 4.79 Å². The molecule has 1 unspecified atom stereocenters. The van der Waals surface area contributed by atoms with Gasteiger partial charge >= 0.3 is 0 Å². The highest BCUT2D eigenvalue weighted by molar-refractivity contribution is 5.84. The predicted molar refractivity (Wildman–Crippen MR) is 87.8 cm³/mol. The zero-order chi connectivity index (χ0) is 16.2. The van der Waals surface area contributed by atoms with Crippen molar-refractivity contribution in [2.75, 3.05) is 6.54 Å². The van der Waals surface area contributed by atoms with E-state index in [1.807, 2.05) is 31.2 Å². The first-order valence-corrected chi connectivity index (χ1v) is 7.99. The summed E-state index contributed by atoms with van der Waals surface area (Å²) >= 11 is 0. The number of benzene rings is 1. The summed E-state index contributed by atoms with van der Waals surface area (Å²) < 4.78 is 2.07. The SMILES string of the molecule is CCc1nc2ccccc2n1C(CC)C(=O)NCC1NNNN1. The number of para-hydroxylation sites is 2. The largest absolute Gasteiger partial charge is 0.351 e. The van der Waals surface area contributed by atoms with E-state index in [4.69, 9.17) is 0 Å². The van der Waals surface area contributed by atoms with Crippen LogP contribution in [0.25, 0.3) is 11.0 Å². The van der Waals surface area contributed by atoms with E-state index in [1.54, 1.807) is 0 Å². The van der Waals surface area contributed by atoms with Crippen molar-refractivity contribution >= 4 is 16.9 Å². The van der Waals surface area contributed by atoms with Gasteiger partial charge in [-0.3, -0.25) is 4.79 Å². The first-order chi connectivity index (χ1) is 11.2. The van der Waals surface area contributed by atoms with Crippen LogP contribution in [0.1, 0.15) is 32.1 Å². The van der Waals surface area contributed by atoms with E-state index in [1.165, 1.54) is 0 Å². The van der Waals surface area contributed by atoms with Crippen LogP contribution in [0.5, 0.6) is 0 Å². The van der Waals surface area contributed by atoms with E-state index in [2.05, 4.69) is 43.7 Å². The highest BCUT2D eigenvalue weighted by atomic mass is 16.2. The van der Waals surface area contributed by atoms with E-state index in [0.717, 1.165) is 23.3 Å². The lowest BCUT2D eigenvalue weighted by atomic mass is 10.2. The van der Waals surface area contributed by atoms with Gasteiger partial charge in [0.25, 0.3) is 0 Å². The molecule has 0 aliphatic carbocycles. The topological polar surface area (TPSA) is 95.0 Å². The molecule has 1 amide bonds. The third-order valence-corrected chi connectivity index (χ3v) is 4.02. The summed E-state index contributed by atoms with van der Waals surface area (Å²) in [4.78, 5) is 17.3. The van der Waals surface area contributed by atoms with Gasteiger partial charge in [-0.15, -0.1) is 0 Å². The molecule has 8 nitrogen and oxygen atoms in total. The van der Waals surface area contributed by atoms with Gasteiger partial charge in [-0.2, -0.15) is 11.1 Å².